The molecule has 0 atom stereocenters. The van der Waals surface area contributed by atoms with Crippen LogP contribution in [0.2, 0.25) is 0 Å². The van der Waals surface area contributed by atoms with Gasteiger partial charge in [-0.15, -0.1) is 0 Å². The first kappa shape index (κ1) is 20.3. The first-order valence-electron chi connectivity index (χ1n) is 7.36. The molecular formula is C17H15IN2O7. The van der Waals surface area contributed by atoms with Gasteiger partial charge in [0.25, 0.3) is 5.56 Å². The van der Waals surface area contributed by atoms with Crippen molar-refractivity contribution in [2.75, 3.05) is 19.5 Å². The van der Waals surface area contributed by atoms with E-state index in [1.807, 2.05) is 22.6 Å². The second kappa shape index (κ2) is 8.12. The zero-order valence-electron chi connectivity index (χ0n) is 14.0. The molecule has 0 unspecified atom stereocenters. The molecule has 0 saturated heterocycles. The largest absolute Gasteiger partial charge is 0.493 e. The van der Waals surface area contributed by atoms with Crippen molar-refractivity contribution >= 4 is 40.3 Å². The van der Waals surface area contributed by atoms with Gasteiger partial charge in [-0.1, -0.05) is 12.7 Å². The van der Waals surface area contributed by atoms with Crippen molar-refractivity contribution in [3.63, 3.8) is 0 Å². The Labute approximate surface area is 166 Å². The Morgan fingerprint density at radius 1 is 1.30 bits per heavy atom. The van der Waals surface area contributed by atoms with E-state index in [-0.39, 0.29) is 23.5 Å². The number of H-pyrrole nitrogens is 1. The molecule has 2 aromatic rings. The van der Waals surface area contributed by atoms with E-state index in [1.165, 1.54) is 25.3 Å². The van der Waals surface area contributed by atoms with E-state index in [0.717, 1.165) is 0 Å². The number of carbonyl (C=O) groups is 2. The number of anilines is 1. The Bertz CT molecular complexity index is 998. The summed E-state index contributed by atoms with van der Waals surface area (Å²) in [5, 5.41) is 19.0. The van der Waals surface area contributed by atoms with Crippen LogP contribution in [0.3, 0.4) is 0 Å². The van der Waals surface area contributed by atoms with Gasteiger partial charge in [-0.2, -0.15) is 0 Å². The lowest BCUT2D eigenvalue weighted by atomic mass is 9.95. The molecule has 5 N–H and O–H groups in total. The summed E-state index contributed by atoms with van der Waals surface area (Å²) in [7, 11) is 1.37. The van der Waals surface area contributed by atoms with Gasteiger partial charge in [0.2, 0.25) is 0 Å². The number of carboxylic acid groups (broad SMARTS) is 2. The fourth-order valence-corrected chi connectivity index (χ4v) is 3.24. The molecule has 9 nitrogen and oxygen atoms in total. The van der Waals surface area contributed by atoms with E-state index >= 15 is 0 Å². The van der Waals surface area contributed by atoms with Gasteiger partial charge in [-0.3, -0.25) is 4.79 Å². The van der Waals surface area contributed by atoms with Crippen molar-refractivity contribution < 1.29 is 29.3 Å². The summed E-state index contributed by atoms with van der Waals surface area (Å²) < 4.78 is 11.3. The van der Waals surface area contributed by atoms with Crippen LogP contribution >= 0.6 is 22.6 Å². The number of aromatic carboxylic acids is 2. The molecule has 10 heteroatoms. The highest BCUT2D eigenvalue weighted by Crippen LogP contribution is 2.39. The number of nitrogen functional groups attached to an aromatic ring is 1. The number of rotatable bonds is 7. The van der Waals surface area contributed by atoms with Crippen LogP contribution in [0.15, 0.2) is 29.6 Å². The second-order valence-electron chi connectivity index (χ2n) is 5.19. The fraction of sp³-hybridized carbons (Fsp3) is 0.118. The van der Waals surface area contributed by atoms with Crippen LogP contribution in [-0.4, -0.2) is 40.9 Å². The lowest BCUT2D eigenvalue weighted by molar-refractivity contribution is 0.0695. The molecule has 27 heavy (non-hydrogen) atoms. The summed E-state index contributed by atoms with van der Waals surface area (Å²) in [6.07, 6.45) is 1.53. The number of hydrogen-bond acceptors (Lipinski definition) is 6. The Kier molecular flexibility index (Phi) is 6.10. The molecule has 0 aliphatic heterocycles. The highest BCUT2D eigenvalue weighted by atomic mass is 127. The Morgan fingerprint density at radius 2 is 1.93 bits per heavy atom. The minimum absolute atomic E-state index is 0.134. The third-order valence-corrected chi connectivity index (χ3v) is 4.34. The molecule has 142 valence electrons. The molecule has 2 rings (SSSR count). The maximum absolute atomic E-state index is 12.1. The summed E-state index contributed by atoms with van der Waals surface area (Å²) in [5.74, 6) is -2.93. The summed E-state index contributed by atoms with van der Waals surface area (Å²) in [6.45, 7) is 3.76. The van der Waals surface area contributed by atoms with Gasteiger partial charge in [-0.05, 0) is 40.3 Å². The van der Waals surface area contributed by atoms with Crippen LogP contribution in [0.25, 0.3) is 11.1 Å². The van der Waals surface area contributed by atoms with Crippen molar-refractivity contribution in [2.24, 2.45) is 0 Å². The van der Waals surface area contributed by atoms with Crippen molar-refractivity contribution in [2.45, 2.75) is 0 Å². The summed E-state index contributed by atoms with van der Waals surface area (Å²) >= 11 is 1.93. The number of ether oxygens (including phenoxy) is 2. The quantitative estimate of drug-likeness (QED) is 0.344. The Balaban J connectivity index is 2.91. The van der Waals surface area contributed by atoms with Crippen LogP contribution in [0.5, 0.6) is 11.5 Å². The SMILES string of the molecule is C=CCOc1c(I)cc(-c2c(C(=O)O)c(N)[nH]c(=O)c2C(=O)O)cc1OC. The zero-order valence-corrected chi connectivity index (χ0v) is 16.2. The molecule has 0 bridgehead atoms. The van der Waals surface area contributed by atoms with E-state index in [9.17, 15) is 24.6 Å². The number of halogens is 1. The van der Waals surface area contributed by atoms with Crippen LogP contribution < -0.4 is 20.8 Å². The summed E-state index contributed by atoms with van der Waals surface area (Å²) in [5.41, 5.74) is 3.18. The normalized spacial score (nSPS) is 10.3. The van der Waals surface area contributed by atoms with Crippen molar-refractivity contribution in [1.82, 2.24) is 4.98 Å². The molecule has 0 fully saturated rings. The van der Waals surface area contributed by atoms with Crippen LogP contribution in [0.4, 0.5) is 5.82 Å². The molecule has 0 amide bonds. The topological polar surface area (TPSA) is 152 Å². The number of nitrogens with two attached hydrogens (primary N) is 1. The number of aromatic amines is 1. The highest BCUT2D eigenvalue weighted by Gasteiger charge is 2.27. The maximum Gasteiger partial charge on any atom is 0.342 e. The van der Waals surface area contributed by atoms with E-state index in [2.05, 4.69) is 11.6 Å². The molecule has 0 aliphatic rings. The van der Waals surface area contributed by atoms with Crippen molar-refractivity contribution in [3.8, 4) is 22.6 Å². The lowest BCUT2D eigenvalue weighted by Gasteiger charge is -2.16. The zero-order chi connectivity index (χ0) is 20.3. The number of aromatic nitrogens is 1. The molecule has 1 aromatic carbocycles. The Morgan fingerprint density at radius 3 is 2.44 bits per heavy atom. The van der Waals surface area contributed by atoms with Gasteiger partial charge >= 0.3 is 11.9 Å². The maximum atomic E-state index is 12.1. The molecule has 0 aliphatic carbocycles. The van der Waals surface area contributed by atoms with Crippen molar-refractivity contribution in [1.29, 1.82) is 0 Å². The number of nitrogens with one attached hydrogen (secondary N) is 1. The van der Waals surface area contributed by atoms with Gasteiger partial charge in [-0.25, -0.2) is 9.59 Å². The molecule has 0 radical (unpaired) electrons. The van der Waals surface area contributed by atoms with E-state index < -0.39 is 34.4 Å². The van der Waals surface area contributed by atoms with Crippen LogP contribution in [-0.2, 0) is 0 Å². The number of benzene rings is 1. The molecular weight excluding hydrogens is 471 g/mol. The van der Waals surface area contributed by atoms with Gasteiger partial charge in [0.15, 0.2) is 11.5 Å². The van der Waals surface area contributed by atoms with Gasteiger partial charge in [0.05, 0.1) is 10.7 Å². The van der Waals surface area contributed by atoms with Crippen LogP contribution in [0, 0.1) is 3.57 Å². The minimum Gasteiger partial charge on any atom is -0.493 e. The number of pyridine rings is 1. The molecule has 0 saturated carbocycles. The summed E-state index contributed by atoms with van der Waals surface area (Å²) in [6, 6.07) is 2.86. The van der Waals surface area contributed by atoms with E-state index in [0.29, 0.717) is 9.32 Å². The third kappa shape index (κ3) is 3.89. The predicted octanol–water partition coefficient (Wildman–Crippen LogP) is 2.20. The number of methoxy groups -OCH3 is 1. The Hall–Kier alpha value is -3.02. The highest BCUT2D eigenvalue weighted by molar-refractivity contribution is 14.1. The van der Waals surface area contributed by atoms with E-state index in [1.54, 1.807) is 0 Å². The van der Waals surface area contributed by atoms with Gasteiger partial charge < -0.3 is 30.4 Å². The second-order valence-corrected chi connectivity index (χ2v) is 6.35. The minimum atomic E-state index is -1.59. The van der Waals surface area contributed by atoms with Gasteiger partial charge in [0.1, 0.15) is 23.6 Å². The molecule has 1 aromatic heterocycles. The first-order valence-corrected chi connectivity index (χ1v) is 8.44. The fourth-order valence-electron chi connectivity index (χ4n) is 2.48. The molecule has 1 heterocycles. The molecule has 0 spiro atoms. The smallest absolute Gasteiger partial charge is 0.342 e. The average Bonchev–Trinajstić information content (AvgIpc) is 2.58. The standard InChI is InChI=1S/C17H15IN2O7/c1-3-4-27-13-8(18)5-7(6-9(13)26-2)10-11(16(22)23)14(19)20-15(21)12(10)17(24)25/h3,5-6H,1,4H2,2H3,(H,22,23)(H,24,25)(H3,19,20,21). The number of carboxylic acids is 2. The monoisotopic (exact) mass is 486 g/mol. The van der Waals surface area contributed by atoms with Crippen LogP contribution in [0.1, 0.15) is 20.7 Å². The average molecular weight is 486 g/mol. The first-order chi connectivity index (χ1) is 12.7. The predicted molar refractivity (Wildman–Crippen MR) is 106 cm³/mol. The third-order valence-electron chi connectivity index (χ3n) is 3.54. The summed E-state index contributed by atoms with van der Waals surface area (Å²) in [4.78, 5) is 37.5. The van der Waals surface area contributed by atoms with Gasteiger partial charge in [0, 0.05) is 5.56 Å². The van der Waals surface area contributed by atoms with Crippen molar-refractivity contribution in [3.05, 3.63) is 49.8 Å². The lowest BCUT2D eigenvalue weighted by Crippen LogP contribution is -2.24. The van der Waals surface area contributed by atoms with E-state index in [4.69, 9.17) is 15.2 Å². The number of hydrogen-bond donors (Lipinski definition) is 4.